The summed E-state index contributed by atoms with van der Waals surface area (Å²) in [5, 5.41) is 6.66. The summed E-state index contributed by atoms with van der Waals surface area (Å²) in [6.07, 6.45) is 2.45. The fraction of sp³-hybridized carbons (Fsp3) is 0.375. The molecule has 0 fully saturated rings. The summed E-state index contributed by atoms with van der Waals surface area (Å²) >= 11 is 0. The van der Waals surface area contributed by atoms with E-state index >= 15 is 0 Å². The van der Waals surface area contributed by atoms with Gasteiger partial charge in [-0.15, -0.1) is 0 Å². The van der Waals surface area contributed by atoms with Crippen molar-refractivity contribution in [3.8, 4) is 11.5 Å². The van der Waals surface area contributed by atoms with E-state index in [2.05, 4.69) is 15.8 Å². The van der Waals surface area contributed by atoms with Crippen LogP contribution in [-0.2, 0) is 19.6 Å². The first-order valence-corrected chi connectivity index (χ1v) is 12.9. The van der Waals surface area contributed by atoms with E-state index in [0.717, 1.165) is 10.6 Å². The van der Waals surface area contributed by atoms with Crippen LogP contribution in [0.4, 0.5) is 5.69 Å². The lowest BCUT2D eigenvalue weighted by Crippen LogP contribution is -2.46. The number of anilines is 1. The largest absolute Gasteiger partial charge is 0.494 e. The number of nitrogens with zero attached hydrogens (tertiary/aromatic N) is 2. The molecule has 0 spiro atoms. The van der Waals surface area contributed by atoms with Gasteiger partial charge in [0.05, 0.1) is 24.8 Å². The number of ether oxygens (including phenoxy) is 2. The van der Waals surface area contributed by atoms with Crippen molar-refractivity contribution in [3.05, 3.63) is 54.1 Å². The topological polar surface area (TPSA) is 126 Å². The number of hydrazone groups is 1. The van der Waals surface area contributed by atoms with E-state index in [1.165, 1.54) is 13.1 Å². The third-order valence-electron chi connectivity index (χ3n) is 4.58. The highest BCUT2D eigenvalue weighted by Gasteiger charge is 2.29. The van der Waals surface area contributed by atoms with Crippen molar-refractivity contribution in [2.45, 2.75) is 39.8 Å². The molecule has 0 saturated carbocycles. The fourth-order valence-corrected chi connectivity index (χ4v) is 4.27. The van der Waals surface area contributed by atoms with Crippen LogP contribution in [-0.4, -0.2) is 58.0 Å². The van der Waals surface area contributed by atoms with E-state index in [4.69, 9.17) is 9.47 Å². The second kappa shape index (κ2) is 12.7. The van der Waals surface area contributed by atoms with Crippen LogP contribution in [0.3, 0.4) is 0 Å². The van der Waals surface area contributed by atoms with E-state index in [0.29, 0.717) is 29.4 Å². The molecule has 2 aromatic carbocycles. The van der Waals surface area contributed by atoms with Crippen LogP contribution >= 0.6 is 0 Å². The summed E-state index contributed by atoms with van der Waals surface area (Å²) in [6.45, 7) is 7.45. The average Bonchev–Trinajstić information content (AvgIpc) is 2.78. The van der Waals surface area contributed by atoms with Crippen molar-refractivity contribution < 1.29 is 27.5 Å². The lowest BCUT2D eigenvalue weighted by atomic mass is 10.2. The number of hydrogen-bond acceptors (Lipinski definition) is 7. The lowest BCUT2D eigenvalue weighted by Gasteiger charge is -2.27. The van der Waals surface area contributed by atoms with Gasteiger partial charge in [-0.1, -0.05) is 0 Å². The minimum absolute atomic E-state index is 0.0353. The molecule has 1 unspecified atom stereocenters. The highest BCUT2D eigenvalue weighted by molar-refractivity contribution is 7.92. The number of amides is 2. The van der Waals surface area contributed by atoms with Crippen LogP contribution in [0.25, 0.3) is 0 Å². The maximum Gasteiger partial charge on any atom is 0.263 e. The van der Waals surface area contributed by atoms with Gasteiger partial charge in [0.2, 0.25) is 10.0 Å². The van der Waals surface area contributed by atoms with Gasteiger partial charge in [0.25, 0.3) is 11.8 Å². The third-order valence-corrected chi connectivity index (χ3v) is 5.82. The molecule has 0 aromatic heterocycles. The van der Waals surface area contributed by atoms with Gasteiger partial charge < -0.3 is 14.8 Å². The number of benzene rings is 2. The maximum absolute atomic E-state index is 12.6. The van der Waals surface area contributed by atoms with E-state index in [-0.39, 0.29) is 18.6 Å². The van der Waals surface area contributed by atoms with Crippen LogP contribution in [0.1, 0.15) is 33.3 Å². The first-order chi connectivity index (χ1) is 16.5. The second-order valence-electron chi connectivity index (χ2n) is 7.98. The molecule has 2 amide bonds. The first-order valence-electron chi connectivity index (χ1n) is 11.1. The molecule has 190 valence electrons. The molecule has 2 N–H and O–H groups in total. The average molecular weight is 505 g/mol. The van der Waals surface area contributed by atoms with Crippen LogP contribution in [0.5, 0.6) is 11.5 Å². The minimum atomic E-state index is -3.75. The third kappa shape index (κ3) is 8.93. The Labute approximate surface area is 206 Å². The van der Waals surface area contributed by atoms with Crippen molar-refractivity contribution in [1.29, 1.82) is 0 Å². The van der Waals surface area contributed by atoms with E-state index < -0.39 is 22.0 Å². The number of rotatable bonds is 12. The molecular weight excluding hydrogens is 472 g/mol. The van der Waals surface area contributed by atoms with Crippen molar-refractivity contribution in [1.82, 2.24) is 10.7 Å². The van der Waals surface area contributed by atoms with Crippen molar-refractivity contribution in [2.75, 3.05) is 23.8 Å². The predicted molar refractivity (Wildman–Crippen MR) is 135 cm³/mol. The number of sulfonamides is 1. The molecule has 0 bridgehead atoms. The van der Waals surface area contributed by atoms with Crippen LogP contribution in [0.15, 0.2) is 53.6 Å². The molecule has 11 heteroatoms. The Morgan fingerprint density at radius 3 is 2.11 bits per heavy atom. The van der Waals surface area contributed by atoms with Crippen LogP contribution in [0, 0.1) is 0 Å². The van der Waals surface area contributed by atoms with Gasteiger partial charge in [0.15, 0.2) is 6.61 Å². The van der Waals surface area contributed by atoms with E-state index in [9.17, 15) is 18.0 Å². The van der Waals surface area contributed by atoms with Gasteiger partial charge in [0, 0.05) is 6.04 Å². The normalized spacial score (nSPS) is 12.3. The van der Waals surface area contributed by atoms with Crippen molar-refractivity contribution in [2.24, 2.45) is 5.10 Å². The van der Waals surface area contributed by atoms with E-state index in [1.807, 2.05) is 20.8 Å². The van der Waals surface area contributed by atoms with Gasteiger partial charge in [-0.05, 0) is 81.8 Å². The second-order valence-corrected chi connectivity index (χ2v) is 9.84. The zero-order chi connectivity index (χ0) is 26.0. The standard InChI is InChI=1S/C24H32N4O6S/c1-6-33-21-13-9-20(10-14-21)28(35(5,31)32)18(4)24(30)27-25-15-19-7-11-22(12-8-19)34-16-23(29)26-17(2)3/h7-15,17-18H,6,16H2,1-5H3,(H,26,29)(H,27,30)/b25-15+. The predicted octanol–water partition coefficient (Wildman–Crippen LogP) is 2.29. The lowest BCUT2D eigenvalue weighted by molar-refractivity contribution is -0.123. The summed E-state index contributed by atoms with van der Waals surface area (Å²) in [6, 6.07) is 12.2. The van der Waals surface area contributed by atoms with E-state index in [1.54, 1.807) is 48.5 Å². The monoisotopic (exact) mass is 504 g/mol. The molecule has 2 aromatic rings. The van der Waals surface area contributed by atoms with Crippen LogP contribution < -0.4 is 24.5 Å². The summed E-state index contributed by atoms with van der Waals surface area (Å²) in [4.78, 5) is 24.3. The summed E-state index contributed by atoms with van der Waals surface area (Å²) in [5.74, 6) is 0.298. The quantitative estimate of drug-likeness (QED) is 0.337. The Morgan fingerprint density at radius 2 is 1.57 bits per heavy atom. The van der Waals surface area contributed by atoms with Crippen LogP contribution in [0.2, 0.25) is 0 Å². The fourth-order valence-electron chi connectivity index (χ4n) is 3.09. The Bertz CT molecular complexity index is 1120. The number of carbonyl (C=O) groups is 2. The number of carbonyl (C=O) groups excluding carboxylic acids is 2. The highest BCUT2D eigenvalue weighted by Crippen LogP contribution is 2.24. The molecular formula is C24H32N4O6S. The van der Waals surface area contributed by atoms with Gasteiger partial charge in [-0.3, -0.25) is 13.9 Å². The molecule has 0 radical (unpaired) electrons. The van der Waals surface area contributed by atoms with Gasteiger partial charge >= 0.3 is 0 Å². The molecule has 2 rings (SSSR count). The molecule has 1 atom stereocenters. The summed E-state index contributed by atoms with van der Waals surface area (Å²) < 4.78 is 36.6. The Morgan fingerprint density at radius 1 is 1.00 bits per heavy atom. The number of hydrogen-bond donors (Lipinski definition) is 2. The summed E-state index contributed by atoms with van der Waals surface area (Å²) in [7, 11) is -3.75. The minimum Gasteiger partial charge on any atom is -0.494 e. The van der Waals surface area contributed by atoms with Crippen molar-refractivity contribution in [3.63, 3.8) is 0 Å². The molecule has 0 aliphatic rings. The van der Waals surface area contributed by atoms with Gasteiger partial charge in [-0.2, -0.15) is 5.10 Å². The highest BCUT2D eigenvalue weighted by atomic mass is 32.2. The smallest absolute Gasteiger partial charge is 0.263 e. The number of nitrogens with one attached hydrogen (secondary N) is 2. The van der Waals surface area contributed by atoms with Gasteiger partial charge in [-0.25, -0.2) is 13.8 Å². The molecule has 0 saturated heterocycles. The molecule has 0 aliphatic carbocycles. The Hall–Kier alpha value is -3.60. The molecule has 35 heavy (non-hydrogen) atoms. The maximum atomic E-state index is 12.6. The zero-order valence-electron chi connectivity index (χ0n) is 20.5. The molecule has 10 nitrogen and oxygen atoms in total. The SMILES string of the molecule is CCOc1ccc(N(C(C)C(=O)N/N=C/c2ccc(OCC(=O)NC(C)C)cc2)S(C)(=O)=O)cc1. The first kappa shape index (κ1) is 27.6. The summed E-state index contributed by atoms with van der Waals surface area (Å²) in [5.41, 5.74) is 3.38. The zero-order valence-corrected chi connectivity index (χ0v) is 21.3. The Kier molecular flexibility index (Phi) is 10.1. The Balaban J connectivity index is 1.99. The van der Waals surface area contributed by atoms with Crippen molar-refractivity contribution >= 4 is 33.7 Å². The molecule has 0 heterocycles. The van der Waals surface area contributed by atoms with Gasteiger partial charge in [0.1, 0.15) is 17.5 Å². The molecule has 0 aliphatic heterocycles.